The molecule has 2 rings (SSSR count). The minimum atomic E-state index is -0.248. The van der Waals surface area contributed by atoms with Crippen LogP contribution in [0.1, 0.15) is 19.2 Å². The summed E-state index contributed by atoms with van der Waals surface area (Å²) in [4.78, 5) is 16.0. The molecule has 0 atom stereocenters. The Morgan fingerprint density at radius 1 is 1.50 bits per heavy atom. The predicted molar refractivity (Wildman–Crippen MR) is 70.1 cm³/mol. The summed E-state index contributed by atoms with van der Waals surface area (Å²) in [7, 11) is 0. The zero-order valence-electron chi connectivity index (χ0n) is 10.6. The Bertz CT molecular complexity index is 575. The van der Waals surface area contributed by atoms with E-state index in [2.05, 4.69) is 4.98 Å². The third-order valence-electron chi connectivity index (χ3n) is 2.76. The topological polar surface area (TPSA) is 70.1 Å². The van der Waals surface area contributed by atoms with Crippen LogP contribution in [0.2, 0.25) is 0 Å². The second-order valence-corrected chi connectivity index (χ2v) is 4.18. The number of para-hydroxylation sites is 1. The summed E-state index contributed by atoms with van der Waals surface area (Å²) >= 11 is 0. The highest BCUT2D eigenvalue weighted by Crippen LogP contribution is 2.21. The van der Waals surface area contributed by atoms with Crippen LogP contribution < -0.4 is 5.73 Å². The van der Waals surface area contributed by atoms with Crippen molar-refractivity contribution in [3.05, 3.63) is 24.0 Å². The molecule has 18 heavy (non-hydrogen) atoms. The molecule has 0 aliphatic heterocycles. The molecule has 5 heteroatoms. The maximum atomic E-state index is 11.6. The molecule has 1 heterocycles. The summed E-state index contributed by atoms with van der Waals surface area (Å²) < 4.78 is 6.90. The number of rotatable bonds is 4. The molecule has 0 amide bonds. The van der Waals surface area contributed by atoms with Crippen molar-refractivity contribution in [3.8, 4) is 0 Å². The van der Waals surface area contributed by atoms with Crippen molar-refractivity contribution in [2.24, 2.45) is 0 Å². The second-order valence-electron chi connectivity index (χ2n) is 4.18. The van der Waals surface area contributed by atoms with Crippen LogP contribution in [-0.2, 0) is 16.1 Å². The second kappa shape index (κ2) is 5.08. The lowest BCUT2D eigenvalue weighted by molar-refractivity contribution is -0.144. The Labute approximate surface area is 106 Å². The van der Waals surface area contributed by atoms with E-state index in [1.54, 1.807) is 6.07 Å². The fourth-order valence-corrected chi connectivity index (χ4v) is 1.88. The molecule has 0 saturated carbocycles. The number of carbonyl (C=O) groups excluding carboxylic acids is 1. The van der Waals surface area contributed by atoms with E-state index in [1.165, 1.54) is 0 Å². The number of nitrogens with zero attached hydrogens (tertiary/aromatic N) is 2. The van der Waals surface area contributed by atoms with Gasteiger partial charge in [0.25, 0.3) is 0 Å². The summed E-state index contributed by atoms with van der Waals surface area (Å²) in [5, 5.41) is 0. The molecule has 96 valence electrons. The first kappa shape index (κ1) is 12.4. The molecule has 2 N–H and O–H groups in total. The first-order valence-corrected chi connectivity index (χ1v) is 6.00. The average molecular weight is 247 g/mol. The zero-order chi connectivity index (χ0) is 13.1. The van der Waals surface area contributed by atoms with Gasteiger partial charge in [0.1, 0.15) is 17.9 Å². The van der Waals surface area contributed by atoms with Gasteiger partial charge in [0, 0.05) is 0 Å². The van der Waals surface area contributed by atoms with Crippen molar-refractivity contribution < 1.29 is 9.53 Å². The lowest BCUT2D eigenvalue weighted by Gasteiger charge is -2.07. The van der Waals surface area contributed by atoms with Gasteiger partial charge in [-0.2, -0.15) is 0 Å². The predicted octanol–water partition coefficient (Wildman–Crippen LogP) is 1.88. The quantitative estimate of drug-likeness (QED) is 0.661. The Morgan fingerprint density at radius 3 is 3.00 bits per heavy atom. The number of aryl methyl sites for hydroxylation is 1. The van der Waals surface area contributed by atoms with Gasteiger partial charge in [0.05, 0.1) is 17.8 Å². The number of ether oxygens (including phenoxy) is 1. The molecule has 5 nitrogen and oxygen atoms in total. The molecule has 0 spiro atoms. The van der Waals surface area contributed by atoms with Crippen LogP contribution in [0.5, 0.6) is 0 Å². The molecule has 0 saturated heterocycles. The van der Waals surface area contributed by atoms with E-state index in [-0.39, 0.29) is 12.5 Å². The Hall–Kier alpha value is -2.04. The van der Waals surface area contributed by atoms with Crippen molar-refractivity contribution in [3.63, 3.8) is 0 Å². The van der Waals surface area contributed by atoms with E-state index in [9.17, 15) is 4.79 Å². The number of benzene rings is 1. The summed E-state index contributed by atoms with van der Waals surface area (Å²) in [6, 6.07) is 5.56. The van der Waals surface area contributed by atoms with Crippen molar-refractivity contribution in [2.45, 2.75) is 26.8 Å². The van der Waals surface area contributed by atoms with Gasteiger partial charge >= 0.3 is 5.97 Å². The van der Waals surface area contributed by atoms with Gasteiger partial charge in [-0.05, 0) is 25.5 Å². The van der Waals surface area contributed by atoms with E-state index in [0.29, 0.717) is 12.3 Å². The van der Waals surface area contributed by atoms with Gasteiger partial charge in [0.15, 0.2) is 0 Å². The molecule has 0 radical (unpaired) electrons. The normalized spacial score (nSPS) is 10.8. The number of nitrogen functional groups attached to an aromatic ring is 1. The van der Waals surface area contributed by atoms with Gasteiger partial charge in [-0.1, -0.05) is 13.0 Å². The highest BCUT2D eigenvalue weighted by atomic mass is 16.5. The van der Waals surface area contributed by atoms with Crippen LogP contribution in [0.25, 0.3) is 11.0 Å². The zero-order valence-corrected chi connectivity index (χ0v) is 10.6. The largest absolute Gasteiger partial charge is 0.464 e. The number of carbonyl (C=O) groups is 1. The molecule has 0 fully saturated rings. The summed E-state index contributed by atoms with van der Waals surface area (Å²) in [6.07, 6.45) is 0.822. The van der Waals surface area contributed by atoms with E-state index in [1.807, 2.05) is 30.5 Å². The standard InChI is InChI=1S/C13H17N3O2/c1-3-7-18-12(17)8-16-9(2)15-13-10(14)5-4-6-11(13)16/h4-6H,3,7-8,14H2,1-2H3. The van der Waals surface area contributed by atoms with Crippen molar-refractivity contribution in [1.29, 1.82) is 0 Å². The average Bonchev–Trinajstić information content (AvgIpc) is 2.66. The van der Waals surface area contributed by atoms with E-state index in [0.717, 1.165) is 23.3 Å². The van der Waals surface area contributed by atoms with E-state index >= 15 is 0 Å². The van der Waals surface area contributed by atoms with Crippen LogP contribution in [0.3, 0.4) is 0 Å². The van der Waals surface area contributed by atoms with Crippen molar-refractivity contribution in [2.75, 3.05) is 12.3 Å². The number of anilines is 1. The van der Waals surface area contributed by atoms with Crippen LogP contribution in [-0.4, -0.2) is 22.1 Å². The SMILES string of the molecule is CCCOC(=O)Cn1c(C)nc2c(N)cccc21. The maximum Gasteiger partial charge on any atom is 0.326 e. The molecule has 1 aromatic heterocycles. The number of hydrogen-bond acceptors (Lipinski definition) is 4. The monoisotopic (exact) mass is 247 g/mol. The molecule has 1 aromatic carbocycles. The molecular formula is C13H17N3O2. The summed E-state index contributed by atoms with van der Waals surface area (Å²) in [5.41, 5.74) is 8.08. The van der Waals surface area contributed by atoms with Crippen LogP contribution >= 0.6 is 0 Å². The van der Waals surface area contributed by atoms with Gasteiger partial charge < -0.3 is 15.0 Å². The Morgan fingerprint density at radius 2 is 2.28 bits per heavy atom. The van der Waals surface area contributed by atoms with Crippen LogP contribution in [0.15, 0.2) is 18.2 Å². The minimum absolute atomic E-state index is 0.172. The summed E-state index contributed by atoms with van der Waals surface area (Å²) in [5.74, 6) is 0.512. The number of hydrogen-bond donors (Lipinski definition) is 1. The fraction of sp³-hybridized carbons (Fsp3) is 0.385. The molecule has 0 aliphatic carbocycles. The molecule has 2 aromatic rings. The smallest absolute Gasteiger partial charge is 0.326 e. The van der Waals surface area contributed by atoms with Crippen LogP contribution in [0.4, 0.5) is 5.69 Å². The number of esters is 1. The van der Waals surface area contributed by atoms with Crippen molar-refractivity contribution in [1.82, 2.24) is 9.55 Å². The van der Waals surface area contributed by atoms with Crippen molar-refractivity contribution >= 4 is 22.7 Å². The first-order valence-electron chi connectivity index (χ1n) is 6.00. The lowest BCUT2D eigenvalue weighted by Crippen LogP contribution is -2.14. The van der Waals surface area contributed by atoms with Gasteiger partial charge in [-0.25, -0.2) is 4.98 Å². The van der Waals surface area contributed by atoms with E-state index < -0.39 is 0 Å². The number of aromatic nitrogens is 2. The van der Waals surface area contributed by atoms with Crippen LogP contribution in [0, 0.1) is 6.92 Å². The maximum absolute atomic E-state index is 11.6. The Balaban J connectivity index is 2.30. The van der Waals surface area contributed by atoms with Gasteiger partial charge in [0.2, 0.25) is 0 Å². The van der Waals surface area contributed by atoms with Gasteiger partial charge in [-0.3, -0.25) is 4.79 Å². The first-order chi connectivity index (χ1) is 8.63. The lowest BCUT2D eigenvalue weighted by atomic mass is 10.3. The highest BCUT2D eigenvalue weighted by Gasteiger charge is 2.12. The molecular weight excluding hydrogens is 230 g/mol. The molecule has 0 bridgehead atoms. The Kier molecular flexibility index (Phi) is 3.50. The number of fused-ring (bicyclic) bond motifs is 1. The molecule has 0 aliphatic rings. The minimum Gasteiger partial charge on any atom is -0.464 e. The fourth-order valence-electron chi connectivity index (χ4n) is 1.88. The number of imidazole rings is 1. The highest BCUT2D eigenvalue weighted by molar-refractivity contribution is 5.88. The number of nitrogens with two attached hydrogens (primary N) is 1. The molecule has 0 unspecified atom stereocenters. The summed E-state index contributed by atoms with van der Waals surface area (Å²) in [6.45, 7) is 4.44. The van der Waals surface area contributed by atoms with E-state index in [4.69, 9.17) is 10.5 Å². The third-order valence-corrected chi connectivity index (χ3v) is 2.76. The third kappa shape index (κ3) is 2.30. The van der Waals surface area contributed by atoms with Gasteiger partial charge in [-0.15, -0.1) is 0 Å².